The molecule has 3 nitrogen and oxygen atoms in total. The minimum absolute atomic E-state index is 0.548. The number of pyridine rings is 1. The lowest BCUT2D eigenvalue weighted by Crippen LogP contribution is -2.09. The van der Waals surface area contributed by atoms with Crippen molar-refractivity contribution in [3.05, 3.63) is 17.0 Å². The molecule has 0 saturated carbocycles. The van der Waals surface area contributed by atoms with Gasteiger partial charge in [-0.25, -0.2) is 0 Å². The van der Waals surface area contributed by atoms with E-state index in [0.717, 1.165) is 23.4 Å². The molecule has 0 aliphatic heterocycles. The molecule has 78 valence electrons. The predicted molar refractivity (Wildman–Crippen MR) is 61.1 cm³/mol. The van der Waals surface area contributed by atoms with Gasteiger partial charge in [-0.15, -0.1) is 0 Å². The lowest BCUT2D eigenvalue weighted by molar-refractivity contribution is 0.635. The van der Waals surface area contributed by atoms with Crippen LogP contribution >= 0.6 is 0 Å². The number of anilines is 2. The largest absolute Gasteiger partial charge is 0.397 e. The van der Waals surface area contributed by atoms with E-state index in [1.807, 2.05) is 13.8 Å². The number of aryl methyl sites for hydroxylation is 1. The first-order valence-corrected chi connectivity index (χ1v) is 4.94. The molecule has 0 amide bonds. The monoisotopic (exact) mass is 193 g/mol. The van der Waals surface area contributed by atoms with Gasteiger partial charge >= 0.3 is 0 Å². The normalized spacial score (nSPS) is 10.9. The first kappa shape index (κ1) is 10.8. The van der Waals surface area contributed by atoms with Gasteiger partial charge in [0.25, 0.3) is 0 Å². The number of aromatic nitrogens is 1. The van der Waals surface area contributed by atoms with E-state index in [4.69, 9.17) is 11.5 Å². The number of rotatable bonds is 2. The zero-order valence-electron chi connectivity index (χ0n) is 9.39. The van der Waals surface area contributed by atoms with E-state index >= 15 is 0 Å². The molecule has 1 aromatic heterocycles. The molecule has 0 aromatic carbocycles. The van der Waals surface area contributed by atoms with Crippen LogP contribution in [0.1, 0.15) is 30.8 Å². The number of nitrogen functional groups attached to an aromatic ring is 2. The Hall–Kier alpha value is -1.25. The molecule has 0 aliphatic carbocycles. The van der Waals surface area contributed by atoms with E-state index in [1.165, 1.54) is 0 Å². The van der Waals surface area contributed by atoms with Crippen molar-refractivity contribution >= 4 is 11.4 Å². The standard InChI is InChI=1S/C11H19N3/c1-6(2)5-9-11(13)10(12)7(3)8(4)14-9/h6H,5,13H2,1-4H3,(H2,12,14). The summed E-state index contributed by atoms with van der Waals surface area (Å²) in [7, 11) is 0. The molecule has 0 saturated heterocycles. The maximum atomic E-state index is 5.91. The molecule has 0 atom stereocenters. The Labute approximate surface area is 85.5 Å². The molecule has 3 heteroatoms. The Balaban J connectivity index is 3.19. The topological polar surface area (TPSA) is 64.9 Å². The Kier molecular flexibility index (Phi) is 2.99. The first-order chi connectivity index (χ1) is 6.43. The molecule has 0 fully saturated rings. The lowest BCUT2D eigenvalue weighted by Gasteiger charge is -2.13. The van der Waals surface area contributed by atoms with Gasteiger partial charge in [-0.3, -0.25) is 4.98 Å². The second-order valence-corrected chi connectivity index (χ2v) is 4.19. The summed E-state index contributed by atoms with van der Waals surface area (Å²) in [6.07, 6.45) is 0.886. The van der Waals surface area contributed by atoms with Crippen molar-refractivity contribution in [3.8, 4) is 0 Å². The van der Waals surface area contributed by atoms with E-state index in [-0.39, 0.29) is 0 Å². The third kappa shape index (κ3) is 1.97. The smallest absolute Gasteiger partial charge is 0.0769 e. The van der Waals surface area contributed by atoms with Crippen LogP contribution in [0.2, 0.25) is 0 Å². The number of nitrogens with two attached hydrogens (primary N) is 2. The van der Waals surface area contributed by atoms with Gasteiger partial charge in [-0.2, -0.15) is 0 Å². The summed E-state index contributed by atoms with van der Waals surface area (Å²) >= 11 is 0. The number of nitrogens with zero attached hydrogens (tertiary/aromatic N) is 1. The second kappa shape index (κ2) is 3.86. The quantitative estimate of drug-likeness (QED) is 0.755. The molecule has 0 unspecified atom stereocenters. The van der Waals surface area contributed by atoms with Crippen LogP contribution in [0.3, 0.4) is 0 Å². The Morgan fingerprint density at radius 2 is 1.71 bits per heavy atom. The van der Waals surface area contributed by atoms with Crippen LogP contribution in [0.5, 0.6) is 0 Å². The molecule has 14 heavy (non-hydrogen) atoms. The first-order valence-electron chi connectivity index (χ1n) is 4.94. The van der Waals surface area contributed by atoms with Crippen molar-refractivity contribution in [1.29, 1.82) is 0 Å². The van der Waals surface area contributed by atoms with Crippen LogP contribution in [0, 0.1) is 19.8 Å². The van der Waals surface area contributed by atoms with E-state index in [2.05, 4.69) is 18.8 Å². The predicted octanol–water partition coefficient (Wildman–Crippen LogP) is 2.06. The molecule has 1 aromatic rings. The molecule has 1 heterocycles. The van der Waals surface area contributed by atoms with Crippen LogP contribution in [0.15, 0.2) is 0 Å². The average Bonchev–Trinajstić information content (AvgIpc) is 2.10. The van der Waals surface area contributed by atoms with Crippen molar-refractivity contribution < 1.29 is 0 Å². The molecule has 0 bridgehead atoms. The minimum Gasteiger partial charge on any atom is -0.397 e. The van der Waals surface area contributed by atoms with Gasteiger partial charge in [-0.1, -0.05) is 13.8 Å². The van der Waals surface area contributed by atoms with Gasteiger partial charge in [0, 0.05) is 5.69 Å². The third-order valence-corrected chi connectivity index (χ3v) is 2.45. The van der Waals surface area contributed by atoms with Crippen LogP contribution in [0.4, 0.5) is 11.4 Å². The zero-order chi connectivity index (χ0) is 10.9. The van der Waals surface area contributed by atoms with Crippen molar-refractivity contribution in [2.45, 2.75) is 34.1 Å². The number of hydrogen-bond donors (Lipinski definition) is 2. The van der Waals surface area contributed by atoms with E-state index in [9.17, 15) is 0 Å². The van der Waals surface area contributed by atoms with Gasteiger partial charge in [0.05, 0.1) is 17.1 Å². The summed E-state index contributed by atoms with van der Waals surface area (Å²) in [4.78, 5) is 4.47. The molecule has 0 radical (unpaired) electrons. The van der Waals surface area contributed by atoms with Gasteiger partial charge in [0.15, 0.2) is 0 Å². The molecule has 0 aliphatic rings. The Morgan fingerprint density at radius 1 is 1.14 bits per heavy atom. The molecular formula is C11H19N3. The van der Waals surface area contributed by atoms with Crippen LogP contribution < -0.4 is 11.5 Å². The van der Waals surface area contributed by atoms with Crippen molar-refractivity contribution in [1.82, 2.24) is 4.98 Å². The fourth-order valence-corrected chi connectivity index (χ4v) is 1.44. The van der Waals surface area contributed by atoms with Gasteiger partial charge < -0.3 is 11.5 Å². The highest BCUT2D eigenvalue weighted by Crippen LogP contribution is 2.25. The zero-order valence-corrected chi connectivity index (χ0v) is 9.39. The van der Waals surface area contributed by atoms with Crippen molar-refractivity contribution in [2.24, 2.45) is 5.92 Å². The highest BCUT2D eigenvalue weighted by atomic mass is 14.8. The molecule has 0 spiro atoms. The summed E-state index contributed by atoms with van der Waals surface area (Å²) < 4.78 is 0. The van der Waals surface area contributed by atoms with Gasteiger partial charge in [-0.05, 0) is 31.7 Å². The van der Waals surface area contributed by atoms with Crippen LogP contribution in [-0.2, 0) is 6.42 Å². The van der Waals surface area contributed by atoms with Crippen molar-refractivity contribution in [3.63, 3.8) is 0 Å². The van der Waals surface area contributed by atoms with E-state index in [0.29, 0.717) is 17.3 Å². The lowest BCUT2D eigenvalue weighted by atomic mass is 10.0. The van der Waals surface area contributed by atoms with Crippen molar-refractivity contribution in [2.75, 3.05) is 11.5 Å². The summed E-state index contributed by atoms with van der Waals surface area (Å²) in [5.41, 5.74) is 16.1. The fourth-order valence-electron chi connectivity index (χ4n) is 1.44. The van der Waals surface area contributed by atoms with Crippen LogP contribution in [0.25, 0.3) is 0 Å². The Morgan fingerprint density at radius 3 is 2.21 bits per heavy atom. The summed E-state index contributed by atoms with van der Waals surface area (Å²) in [5, 5.41) is 0. The van der Waals surface area contributed by atoms with E-state index < -0.39 is 0 Å². The second-order valence-electron chi connectivity index (χ2n) is 4.19. The summed E-state index contributed by atoms with van der Waals surface area (Å²) in [5.74, 6) is 0.548. The number of hydrogen-bond acceptors (Lipinski definition) is 3. The fraction of sp³-hybridized carbons (Fsp3) is 0.545. The van der Waals surface area contributed by atoms with E-state index in [1.54, 1.807) is 0 Å². The average molecular weight is 193 g/mol. The summed E-state index contributed by atoms with van der Waals surface area (Å²) in [6, 6.07) is 0. The maximum absolute atomic E-state index is 5.91. The van der Waals surface area contributed by atoms with Crippen LogP contribution in [-0.4, -0.2) is 4.98 Å². The van der Waals surface area contributed by atoms with Gasteiger partial charge in [0.2, 0.25) is 0 Å². The Bertz CT molecular complexity index is 343. The molecule has 1 rings (SSSR count). The highest BCUT2D eigenvalue weighted by Gasteiger charge is 2.11. The van der Waals surface area contributed by atoms with Gasteiger partial charge in [0.1, 0.15) is 0 Å². The third-order valence-electron chi connectivity index (χ3n) is 2.45. The summed E-state index contributed by atoms with van der Waals surface area (Å²) in [6.45, 7) is 8.21. The SMILES string of the molecule is Cc1nc(CC(C)C)c(N)c(N)c1C. The minimum atomic E-state index is 0.548. The maximum Gasteiger partial charge on any atom is 0.0769 e. The molecular weight excluding hydrogens is 174 g/mol. The highest BCUT2D eigenvalue weighted by molar-refractivity contribution is 5.70. The molecule has 4 N–H and O–H groups in total.